The topological polar surface area (TPSA) is 52.5 Å². The maximum Gasteiger partial charge on any atom is 0.488 e. The summed E-state index contributed by atoms with van der Waals surface area (Å²) in [7, 11) is -1.37. The summed E-state index contributed by atoms with van der Waals surface area (Å²) in [6, 6.07) is 8.61. The van der Waals surface area contributed by atoms with Crippen molar-refractivity contribution >= 4 is 12.6 Å². The maximum absolute atomic E-state index is 9.41. The minimum absolute atomic E-state index is 0.609. The van der Waals surface area contributed by atoms with Gasteiger partial charge in [0.15, 0.2) is 0 Å². The largest absolute Gasteiger partial charge is 0.488 e. The number of hydrogen-bond donors (Lipinski definition) is 3. The Morgan fingerprint density at radius 3 is 2.50 bits per heavy atom. The third kappa shape index (κ3) is 3.54. The molecule has 1 aromatic carbocycles. The fourth-order valence-corrected chi connectivity index (χ4v) is 4.36. The van der Waals surface area contributed by atoms with Gasteiger partial charge in [-0.05, 0) is 24.7 Å². The Balaban J connectivity index is 1.81. The molecule has 0 saturated carbocycles. The molecule has 2 heterocycles. The van der Waals surface area contributed by atoms with E-state index in [4.69, 9.17) is 0 Å². The van der Waals surface area contributed by atoms with Crippen LogP contribution in [-0.2, 0) is 6.54 Å². The molecule has 3 N–H and O–H groups in total. The average Bonchev–Trinajstić information content (AvgIpc) is 2.57. The lowest BCUT2D eigenvalue weighted by Crippen LogP contribution is -2.60. The van der Waals surface area contributed by atoms with E-state index in [1.807, 2.05) is 12.1 Å². The summed E-state index contributed by atoms with van der Waals surface area (Å²) in [6.45, 7) is 5.86. The third-order valence-electron chi connectivity index (χ3n) is 5.54. The van der Waals surface area contributed by atoms with Gasteiger partial charge in [-0.15, -0.1) is 0 Å². The lowest BCUT2D eigenvalue weighted by molar-refractivity contribution is -0.968. The highest BCUT2D eigenvalue weighted by Gasteiger charge is 2.38. The second-order valence-electron chi connectivity index (χ2n) is 6.98. The van der Waals surface area contributed by atoms with Crippen LogP contribution in [0.2, 0.25) is 0 Å². The minimum Gasteiger partial charge on any atom is -0.423 e. The average molecular weight is 303 g/mol. The van der Waals surface area contributed by atoms with E-state index in [0.29, 0.717) is 5.46 Å². The van der Waals surface area contributed by atoms with Crippen molar-refractivity contribution in [1.29, 1.82) is 0 Å². The zero-order valence-electron chi connectivity index (χ0n) is 13.4. The molecule has 0 amide bonds. The molecular weight excluding hydrogens is 275 g/mol. The molecule has 0 aromatic heterocycles. The van der Waals surface area contributed by atoms with Crippen molar-refractivity contribution in [1.82, 2.24) is 5.32 Å². The molecule has 0 radical (unpaired) electrons. The summed E-state index contributed by atoms with van der Waals surface area (Å²) >= 11 is 0. The Bertz CT molecular complexity index is 483. The van der Waals surface area contributed by atoms with Gasteiger partial charge in [0.25, 0.3) is 0 Å². The van der Waals surface area contributed by atoms with Crippen molar-refractivity contribution in [3.63, 3.8) is 0 Å². The first-order valence-electron chi connectivity index (χ1n) is 8.71. The summed E-state index contributed by atoms with van der Waals surface area (Å²) in [5.41, 5.74) is 1.85. The van der Waals surface area contributed by atoms with Crippen molar-refractivity contribution in [3.05, 3.63) is 29.8 Å². The molecule has 120 valence electrons. The summed E-state index contributed by atoms with van der Waals surface area (Å²) in [6.07, 6.45) is 6.55. The number of quaternary nitrogens is 1. The number of nitrogens with one attached hydrogen (secondary N) is 1. The summed E-state index contributed by atoms with van der Waals surface area (Å²) < 4.78 is 1.20. The molecular formula is C17H28BN2O2+. The van der Waals surface area contributed by atoms with Crippen LogP contribution < -0.4 is 10.8 Å². The van der Waals surface area contributed by atoms with Gasteiger partial charge in [-0.1, -0.05) is 24.3 Å². The van der Waals surface area contributed by atoms with Gasteiger partial charge in [-0.2, -0.15) is 0 Å². The SMILES string of the molecule is OB(O)c1cccc(C[N+]2(C3CCNCC3)CCCCC2)c1. The Labute approximate surface area is 133 Å². The van der Waals surface area contributed by atoms with Gasteiger partial charge in [0, 0.05) is 31.5 Å². The Kier molecular flexibility index (Phi) is 5.19. The van der Waals surface area contributed by atoms with Crippen LogP contribution in [-0.4, -0.2) is 53.9 Å². The predicted molar refractivity (Wildman–Crippen MR) is 89.7 cm³/mol. The van der Waals surface area contributed by atoms with Crippen LogP contribution in [0.25, 0.3) is 0 Å². The molecule has 0 aliphatic carbocycles. The van der Waals surface area contributed by atoms with Crippen molar-refractivity contribution < 1.29 is 14.5 Å². The van der Waals surface area contributed by atoms with Gasteiger partial charge < -0.3 is 19.8 Å². The Morgan fingerprint density at radius 2 is 1.82 bits per heavy atom. The first kappa shape index (κ1) is 16.0. The number of likely N-dealkylation sites (tertiary alicyclic amines) is 1. The van der Waals surface area contributed by atoms with Gasteiger partial charge in [-0.3, -0.25) is 0 Å². The minimum atomic E-state index is -1.37. The number of piperidine rings is 2. The van der Waals surface area contributed by atoms with Crippen LogP contribution in [0.1, 0.15) is 37.7 Å². The van der Waals surface area contributed by atoms with E-state index in [9.17, 15) is 10.0 Å². The molecule has 2 aliphatic heterocycles. The molecule has 0 atom stereocenters. The lowest BCUT2D eigenvalue weighted by atomic mass is 9.79. The maximum atomic E-state index is 9.41. The van der Waals surface area contributed by atoms with Crippen LogP contribution in [0.5, 0.6) is 0 Å². The van der Waals surface area contributed by atoms with Crippen LogP contribution in [0.4, 0.5) is 0 Å². The van der Waals surface area contributed by atoms with Crippen molar-refractivity contribution in [2.24, 2.45) is 0 Å². The highest BCUT2D eigenvalue weighted by Crippen LogP contribution is 2.30. The molecule has 5 heteroatoms. The van der Waals surface area contributed by atoms with Gasteiger partial charge >= 0.3 is 7.12 Å². The number of nitrogens with zero attached hydrogens (tertiary/aromatic N) is 1. The van der Waals surface area contributed by atoms with E-state index in [1.165, 1.54) is 55.2 Å². The molecule has 1 aromatic rings. The molecule has 3 rings (SSSR count). The summed E-state index contributed by atoms with van der Waals surface area (Å²) in [5.74, 6) is 0. The van der Waals surface area contributed by atoms with E-state index in [2.05, 4.69) is 11.4 Å². The van der Waals surface area contributed by atoms with E-state index in [1.54, 1.807) is 6.07 Å². The molecule has 0 bridgehead atoms. The number of benzene rings is 1. The van der Waals surface area contributed by atoms with Gasteiger partial charge in [0.1, 0.15) is 6.54 Å². The summed E-state index contributed by atoms with van der Waals surface area (Å²) in [4.78, 5) is 0. The third-order valence-corrected chi connectivity index (χ3v) is 5.54. The number of rotatable bonds is 4. The van der Waals surface area contributed by atoms with Crippen LogP contribution >= 0.6 is 0 Å². The zero-order valence-corrected chi connectivity index (χ0v) is 13.4. The van der Waals surface area contributed by atoms with E-state index >= 15 is 0 Å². The van der Waals surface area contributed by atoms with Crippen molar-refractivity contribution in [2.45, 2.75) is 44.7 Å². The predicted octanol–water partition coefficient (Wildman–Crippen LogP) is 0.619. The highest BCUT2D eigenvalue weighted by molar-refractivity contribution is 6.58. The lowest BCUT2D eigenvalue weighted by Gasteiger charge is -2.49. The molecule has 2 fully saturated rings. The Morgan fingerprint density at radius 1 is 1.09 bits per heavy atom. The quantitative estimate of drug-likeness (QED) is 0.564. The van der Waals surface area contributed by atoms with Gasteiger partial charge in [0.05, 0.1) is 19.1 Å². The van der Waals surface area contributed by atoms with Gasteiger partial charge in [0.2, 0.25) is 0 Å². The van der Waals surface area contributed by atoms with E-state index in [-0.39, 0.29) is 0 Å². The van der Waals surface area contributed by atoms with E-state index < -0.39 is 7.12 Å². The second kappa shape index (κ2) is 7.13. The molecule has 4 nitrogen and oxygen atoms in total. The number of hydrogen-bond acceptors (Lipinski definition) is 3. The molecule has 2 saturated heterocycles. The normalized spacial score (nSPS) is 22.5. The van der Waals surface area contributed by atoms with Crippen molar-refractivity contribution in [3.8, 4) is 0 Å². The van der Waals surface area contributed by atoms with Crippen LogP contribution in [0.15, 0.2) is 24.3 Å². The molecule has 0 spiro atoms. The fourth-order valence-electron chi connectivity index (χ4n) is 4.36. The smallest absolute Gasteiger partial charge is 0.423 e. The highest BCUT2D eigenvalue weighted by atomic mass is 16.4. The molecule has 22 heavy (non-hydrogen) atoms. The molecule has 0 unspecified atom stereocenters. The first-order valence-corrected chi connectivity index (χ1v) is 8.71. The summed E-state index contributed by atoms with van der Waals surface area (Å²) in [5, 5.41) is 22.3. The fraction of sp³-hybridized carbons (Fsp3) is 0.647. The van der Waals surface area contributed by atoms with Crippen molar-refractivity contribution in [2.75, 3.05) is 26.2 Å². The van der Waals surface area contributed by atoms with Crippen LogP contribution in [0, 0.1) is 0 Å². The monoisotopic (exact) mass is 303 g/mol. The second-order valence-corrected chi connectivity index (χ2v) is 6.98. The first-order chi connectivity index (χ1) is 10.7. The van der Waals surface area contributed by atoms with Crippen LogP contribution in [0.3, 0.4) is 0 Å². The Hall–Kier alpha value is -0.875. The zero-order chi connectivity index (χ0) is 15.4. The molecule has 2 aliphatic rings. The van der Waals surface area contributed by atoms with E-state index in [0.717, 1.165) is 25.7 Å². The van der Waals surface area contributed by atoms with Gasteiger partial charge in [-0.25, -0.2) is 0 Å². The standard InChI is InChI=1S/C17H28BN2O2/c21-18(22)16-6-4-5-15(13-16)14-20(11-2-1-3-12-20)17-7-9-19-10-8-17/h4-6,13,17,19,21-22H,1-3,7-12,14H2/q+1.